The first-order valence-corrected chi connectivity index (χ1v) is 9.86. The molecule has 4 aromatic rings. The number of benzene rings is 1. The SMILES string of the molecule is Cc1noc(C)c1COC(=O)c1c2c(nc3ccccc13)C(=Cc1ccco1)CC2. The highest BCUT2D eigenvalue weighted by atomic mass is 16.5. The zero-order chi connectivity index (χ0) is 20.7. The lowest BCUT2D eigenvalue weighted by Crippen LogP contribution is -2.11. The van der Waals surface area contributed by atoms with Crippen LogP contribution in [-0.2, 0) is 17.8 Å². The van der Waals surface area contributed by atoms with E-state index in [2.05, 4.69) is 5.16 Å². The molecule has 5 rings (SSSR count). The Hall–Kier alpha value is -3.67. The van der Waals surface area contributed by atoms with Crippen molar-refractivity contribution in [2.75, 3.05) is 0 Å². The first kappa shape index (κ1) is 18.4. The minimum atomic E-state index is -0.357. The average Bonchev–Trinajstić information content (AvgIpc) is 3.47. The van der Waals surface area contributed by atoms with Crippen LogP contribution in [0.15, 0.2) is 51.6 Å². The summed E-state index contributed by atoms with van der Waals surface area (Å²) in [4.78, 5) is 18.1. The van der Waals surface area contributed by atoms with Crippen LogP contribution in [0.25, 0.3) is 22.6 Å². The molecule has 0 radical (unpaired) electrons. The number of aromatic nitrogens is 2. The maximum atomic E-state index is 13.2. The Morgan fingerprint density at radius 3 is 2.80 bits per heavy atom. The van der Waals surface area contributed by atoms with Crippen LogP contribution >= 0.6 is 0 Å². The Morgan fingerprint density at radius 1 is 1.17 bits per heavy atom. The molecule has 1 aromatic carbocycles. The molecular weight excluding hydrogens is 380 g/mol. The molecule has 0 bridgehead atoms. The van der Waals surface area contributed by atoms with Gasteiger partial charge in [-0.05, 0) is 62.1 Å². The largest absolute Gasteiger partial charge is 0.465 e. The summed E-state index contributed by atoms with van der Waals surface area (Å²) in [5, 5.41) is 4.73. The van der Waals surface area contributed by atoms with Gasteiger partial charge in [-0.3, -0.25) is 0 Å². The summed E-state index contributed by atoms with van der Waals surface area (Å²) in [6.45, 7) is 3.78. The van der Waals surface area contributed by atoms with Crippen LogP contribution in [0.5, 0.6) is 0 Å². The first-order valence-electron chi connectivity index (χ1n) is 9.86. The van der Waals surface area contributed by atoms with E-state index in [1.807, 2.05) is 56.3 Å². The molecule has 0 saturated heterocycles. The predicted octanol–water partition coefficient (Wildman–Crippen LogP) is 5.28. The van der Waals surface area contributed by atoms with Crippen molar-refractivity contribution in [2.24, 2.45) is 0 Å². The summed E-state index contributed by atoms with van der Waals surface area (Å²) in [5.74, 6) is 1.08. The van der Waals surface area contributed by atoms with Crippen molar-refractivity contribution < 1.29 is 18.5 Å². The molecule has 0 fully saturated rings. The van der Waals surface area contributed by atoms with E-state index >= 15 is 0 Å². The number of carbonyl (C=O) groups excluding carboxylic acids is 1. The number of carbonyl (C=O) groups is 1. The molecule has 3 heterocycles. The molecule has 0 aliphatic heterocycles. The van der Waals surface area contributed by atoms with Crippen LogP contribution in [-0.4, -0.2) is 16.1 Å². The number of furan rings is 1. The number of fused-ring (bicyclic) bond motifs is 2. The summed E-state index contributed by atoms with van der Waals surface area (Å²) in [6.07, 6.45) is 5.17. The standard InChI is InChI=1S/C24H20N2O4/c1-14-20(15(2)30-26-14)13-29-24(27)22-18-7-3-4-8-21(18)25-23-16(9-10-19(22)23)12-17-6-5-11-28-17/h3-8,11-12H,9-10,13H2,1-2H3. The Bertz CT molecular complexity index is 1260. The third kappa shape index (κ3) is 3.10. The van der Waals surface area contributed by atoms with Crippen LogP contribution in [0, 0.1) is 13.8 Å². The minimum absolute atomic E-state index is 0.126. The normalized spacial score (nSPS) is 14.4. The van der Waals surface area contributed by atoms with Crippen LogP contribution in [0.2, 0.25) is 0 Å². The van der Waals surface area contributed by atoms with E-state index in [4.69, 9.17) is 18.7 Å². The van der Waals surface area contributed by atoms with Crippen molar-refractivity contribution in [1.29, 1.82) is 0 Å². The zero-order valence-electron chi connectivity index (χ0n) is 16.8. The minimum Gasteiger partial charge on any atom is -0.465 e. The molecule has 0 N–H and O–H groups in total. The second kappa shape index (κ2) is 7.30. The molecule has 0 saturated carbocycles. The predicted molar refractivity (Wildman–Crippen MR) is 112 cm³/mol. The topological polar surface area (TPSA) is 78.4 Å². The van der Waals surface area contributed by atoms with Gasteiger partial charge in [-0.1, -0.05) is 23.4 Å². The summed E-state index contributed by atoms with van der Waals surface area (Å²) in [6, 6.07) is 11.4. The van der Waals surface area contributed by atoms with Crippen molar-refractivity contribution in [2.45, 2.75) is 33.3 Å². The average molecular weight is 400 g/mol. The molecule has 0 amide bonds. The van der Waals surface area contributed by atoms with Crippen molar-refractivity contribution in [3.8, 4) is 0 Å². The third-order valence-corrected chi connectivity index (χ3v) is 5.53. The van der Waals surface area contributed by atoms with Gasteiger partial charge in [0.25, 0.3) is 0 Å². The summed E-state index contributed by atoms with van der Waals surface area (Å²) in [5.41, 5.74) is 5.72. The van der Waals surface area contributed by atoms with Crippen molar-refractivity contribution in [1.82, 2.24) is 10.1 Å². The van der Waals surface area contributed by atoms with Crippen LogP contribution in [0.1, 0.15) is 50.8 Å². The van der Waals surface area contributed by atoms with Crippen molar-refractivity contribution in [3.05, 3.63) is 82.3 Å². The Kier molecular flexibility index (Phi) is 4.47. The maximum absolute atomic E-state index is 13.2. The molecule has 30 heavy (non-hydrogen) atoms. The number of ether oxygens (including phenoxy) is 1. The monoisotopic (exact) mass is 400 g/mol. The second-order valence-electron chi connectivity index (χ2n) is 7.39. The maximum Gasteiger partial charge on any atom is 0.339 e. The molecule has 1 aliphatic carbocycles. The smallest absolute Gasteiger partial charge is 0.339 e. The van der Waals surface area contributed by atoms with Gasteiger partial charge < -0.3 is 13.7 Å². The number of nitrogens with zero attached hydrogens (tertiary/aromatic N) is 2. The van der Waals surface area contributed by atoms with Gasteiger partial charge in [0.05, 0.1) is 34.3 Å². The first-order chi connectivity index (χ1) is 14.6. The summed E-state index contributed by atoms with van der Waals surface area (Å²) < 4.78 is 16.3. The van der Waals surface area contributed by atoms with E-state index in [9.17, 15) is 4.79 Å². The lowest BCUT2D eigenvalue weighted by molar-refractivity contribution is 0.0472. The van der Waals surface area contributed by atoms with Crippen molar-refractivity contribution >= 4 is 28.5 Å². The molecule has 0 spiro atoms. The second-order valence-corrected chi connectivity index (χ2v) is 7.39. The Balaban J connectivity index is 1.57. The summed E-state index contributed by atoms with van der Waals surface area (Å²) in [7, 11) is 0. The van der Waals surface area contributed by atoms with E-state index < -0.39 is 0 Å². The molecular formula is C24H20N2O4. The highest BCUT2D eigenvalue weighted by Crippen LogP contribution is 2.38. The molecule has 1 aliphatic rings. The van der Waals surface area contributed by atoms with Gasteiger partial charge in [0.2, 0.25) is 0 Å². The Morgan fingerprint density at radius 2 is 2.03 bits per heavy atom. The number of aryl methyl sites for hydroxylation is 2. The van der Waals surface area contributed by atoms with Crippen LogP contribution < -0.4 is 0 Å². The van der Waals surface area contributed by atoms with E-state index in [1.165, 1.54) is 0 Å². The van der Waals surface area contributed by atoms with Gasteiger partial charge in [0, 0.05) is 5.39 Å². The third-order valence-electron chi connectivity index (χ3n) is 5.53. The molecule has 3 aromatic heterocycles. The van der Waals surface area contributed by atoms with Gasteiger partial charge in [-0.2, -0.15) is 0 Å². The molecule has 6 nitrogen and oxygen atoms in total. The quantitative estimate of drug-likeness (QED) is 0.434. The van der Waals surface area contributed by atoms with Gasteiger partial charge in [-0.15, -0.1) is 0 Å². The number of rotatable bonds is 4. The summed E-state index contributed by atoms with van der Waals surface area (Å²) >= 11 is 0. The fourth-order valence-electron chi connectivity index (χ4n) is 3.98. The van der Waals surface area contributed by atoms with Gasteiger partial charge >= 0.3 is 5.97 Å². The van der Waals surface area contributed by atoms with Crippen LogP contribution in [0.3, 0.4) is 0 Å². The van der Waals surface area contributed by atoms with E-state index in [-0.39, 0.29) is 12.6 Å². The fraction of sp³-hybridized carbons (Fsp3) is 0.208. The van der Waals surface area contributed by atoms with Gasteiger partial charge in [-0.25, -0.2) is 9.78 Å². The van der Waals surface area contributed by atoms with Gasteiger partial charge in [0.15, 0.2) is 0 Å². The van der Waals surface area contributed by atoms with E-state index in [0.29, 0.717) is 11.3 Å². The number of hydrogen-bond donors (Lipinski definition) is 0. The molecule has 0 unspecified atom stereocenters. The number of para-hydroxylation sites is 1. The lowest BCUT2D eigenvalue weighted by atomic mass is 10.0. The lowest BCUT2D eigenvalue weighted by Gasteiger charge is -2.12. The van der Waals surface area contributed by atoms with Gasteiger partial charge in [0.1, 0.15) is 18.1 Å². The fourth-order valence-corrected chi connectivity index (χ4v) is 3.98. The number of pyridine rings is 1. The number of hydrogen-bond acceptors (Lipinski definition) is 6. The Labute approximate surface area is 173 Å². The highest BCUT2D eigenvalue weighted by molar-refractivity contribution is 6.07. The van der Waals surface area contributed by atoms with E-state index in [0.717, 1.165) is 57.6 Å². The number of allylic oxidation sites excluding steroid dienone is 1. The zero-order valence-corrected chi connectivity index (χ0v) is 16.8. The van der Waals surface area contributed by atoms with Crippen LogP contribution in [0.4, 0.5) is 0 Å². The molecule has 0 atom stereocenters. The molecule has 150 valence electrons. The molecule has 6 heteroatoms. The van der Waals surface area contributed by atoms with Crippen molar-refractivity contribution in [3.63, 3.8) is 0 Å². The highest BCUT2D eigenvalue weighted by Gasteiger charge is 2.28. The van der Waals surface area contributed by atoms with E-state index in [1.54, 1.807) is 6.26 Å². The number of esters is 1.